The molecular weight excluding hydrogens is 388 g/mol. The van der Waals surface area contributed by atoms with Crippen LogP contribution in [0.1, 0.15) is 36.0 Å². The van der Waals surface area contributed by atoms with Gasteiger partial charge in [-0.1, -0.05) is 42.8 Å². The number of nitrogens with one attached hydrogen (secondary N) is 1. The number of carbonyl (C=O) groups excluding carboxylic acids is 3. The van der Waals surface area contributed by atoms with Crippen molar-refractivity contribution >= 4 is 28.8 Å². The van der Waals surface area contributed by atoms with Gasteiger partial charge in [0.1, 0.15) is 11.5 Å². The maximum atomic E-state index is 12.8. The zero-order valence-corrected chi connectivity index (χ0v) is 16.7. The summed E-state index contributed by atoms with van der Waals surface area (Å²) in [4.78, 5) is 38.4. The Morgan fingerprint density at radius 2 is 1.66 bits per heavy atom. The van der Waals surface area contributed by atoms with Crippen LogP contribution >= 0.6 is 11.8 Å². The molecule has 4 rings (SSSR count). The molecule has 6 nitrogen and oxygen atoms in total. The monoisotopic (exact) mass is 410 g/mol. The van der Waals surface area contributed by atoms with Crippen LogP contribution in [-0.2, 0) is 4.79 Å². The Labute approximate surface area is 173 Å². The molecule has 3 amide bonds. The molecular formula is C22H22N2O4S. The predicted octanol–water partition coefficient (Wildman–Crippen LogP) is 4.22. The highest BCUT2D eigenvalue weighted by Gasteiger charge is 2.41. The van der Waals surface area contributed by atoms with Crippen molar-refractivity contribution in [1.29, 1.82) is 0 Å². The van der Waals surface area contributed by atoms with E-state index in [0.29, 0.717) is 11.3 Å². The van der Waals surface area contributed by atoms with Crippen LogP contribution < -0.4 is 10.1 Å². The van der Waals surface area contributed by atoms with Crippen LogP contribution in [0.2, 0.25) is 0 Å². The first-order chi connectivity index (χ1) is 14.1. The Bertz CT molecular complexity index is 885. The standard InChI is InChI=1S/C22H22N2O4S/c25-20-14-29-22(27)24(20)19-9-5-4-8-18(19)23-21(26)15-10-12-17(13-11-15)28-16-6-2-1-3-7-16/h1-3,6-7,10-13,18-19H,4-5,8-9,14H2,(H,23,26). The van der Waals surface area contributed by atoms with Crippen molar-refractivity contribution in [3.63, 3.8) is 0 Å². The lowest BCUT2D eigenvalue weighted by Gasteiger charge is -2.36. The summed E-state index contributed by atoms with van der Waals surface area (Å²) in [6, 6.07) is 15.9. The second-order valence-corrected chi connectivity index (χ2v) is 8.12. The van der Waals surface area contributed by atoms with Crippen LogP contribution in [0.25, 0.3) is 0 Å². The molecule has 29 heavy (non-hydrogen) atoms. The van der Waals surface area contributed by atoms with E-state index in [9.17, 15) is 14.4 Å². The number of hydrogen-bond donors (Lipinski definition) is 1. The van der Waals surface area contributed by atoms with Gasteiger partial charge in [-0.05, 0) is 49.2 Å². The lowest BCUT2D eigenvalue weighted by Crippen LogP contribution is -2.54. The Morgan fingerprint density at radius 1 is 0.966 bits per heavy atom. The number of imide groups is 1. The van der Waals surface area contributed by atoms with Crippen LogP contribution in [0.5, 0.6) is 11.5 Å². The van der Waals surface area contributed by atoms with Crippen molar-refractivity contribution in [2.24, 2.45) is 0 Å². The van der Waals surface area contributed by atoms with Gasteiger partial charge in [0.2, 0.25) is 5.91 Å². The normalized spacial score (nSPS) is 21.9. The first kappa shape index (κ1) is 19.5. The molecule has 2 atom stereocenters. The zero-order valence-electron chi connectivity index (χ0n) is 15.9. The van der Waals surface area contributed by atoms with E-state index in [1.54, 1.807) is 24.3 Å². The number of hydrogen-bond acceptors (Lipinski definition) is 5. The highest BCUT2D eigenvalue weighted by Crippen LogP contribution is 2.30. The molecule has 2 unspecified atom stereocenters. The van der Waals surface area contributed by atoms with Crippen molar-refractivity contribution in [2.45, 2.75) is 37.8 Å². The van der Waals surface area contributed by atoms with Gasteiger partial charge in [-0.2, -0.15) is 0 Å². The second kappa shape index (κ2) is 8.69. The van der Waals surface area contributed by atoms with Crippen LogP contribution in [0.15, 0.2) is 54.6 Å². The summed E-state index contributed by atoms with van der Waals surface area (Å²) in [6.07, 6.45) is 3.40. The third-order valence-electron chi connectivity index (χ3n) is 5.26. The molecule has 2 aromatic rings. The molecule has 2 aliphatic rings. The average molecular weight is 410 g/mol. The molecule has 0 bridgehead atoms. The largest absolute Gasteiger partial charge is 0.457 e. The first-order valence-corrected chi connectivity index (χ1v) is 10.7. The van der Waals surface area contributed by atoms with Gasteiger partial charge in [0.25, 0.3) is 11.1 Å². The number of carbonyl (C=O) groups is 3. The number of nitrogens with zero attached hydrogens (tertiary/aromatic N) is 1. The third-order valence-corrected chi connectivity index (χ3v) is 6.09. The van der Waals surface area contributed by atoms with Gasteiger partial charge in [-0.3, -0.25) is 19.3 Å². The first-order valence-electron chi connectivity index (χ1n) is 9.74. The Kier molecular flexibility index (Phi) is 5.85. The summed E-state index contributed by atoms with van der Waals surface area (Å²) in [5.74, 6) is 1.20. The lowest BCUT2D eigenvalue weighted by atomic mass is 9.89. The molecule has 1 aliphatic carbocycles. The van der Waals surface area contributed by atoms with E-state index in [1.165, 1.54) is 4.90 Å². The number of amides is 3. The molecule has 1 aliphatic heterocycles. The summed E-state index contributed by atoms with van der Waals surface area (Å²) < 4.78 is 5.76. The number of thioether (sulfide) groups is 1. The fourth-order valence-electron chi connectivity index (χ4n) is 3.82. The SMILES string of the molecule is O=C(NC1CCCCC1N1C(=O)CSC1=O)c1ccc(Oc2ccccc2)cc1. The average Bonchev–Trinajstić information content (AvgIpc) is 3.08. The summed E-state index contributed by atoms with van der Waals surface area (Å²) >= 11 is 1.04. The van der Waals surface area contributed by atoms with Crippen molar-refractivity contribution in [2.75, 3.05) is 5.75 Å². The molecule has 150 valence electrons. The predicted molar refractivity (Wildman–Crippen MR) is 111 cm³/mol. The zero-order chi connectivity index (χ0) is 20.2. The van der Waals surface area contributed by atoms with E-state index >= 15 is 0 Å². The van der Waals surface area contributed by atoms with E-state index in [-0.39, 0.29) is 34.9 Å². The number of para-hydroxylation sites is 1. The van der Waals surface area contributed by atoms with Gasteiger partial charge in [0.05, 0.1) is 17.8 Å². The van der Waals surface area contributed by atoms with Crippen molar-refractivity contribution in [1.82, 2.24) is 10.2 Å². The summed E-state index contributed by atoms with van der Waals surface area (Å²) in [6.45, 7) is 0. The van der Waals surface area contributed by atoms with Gasteiger partial charge in [0, 0.05) is 5.56 Å². The molecule has 2 fully saturated rings. The van der Waals surface area contributed by atoms with Crippen LogP contribution in [0.3, 0.4) is 0 Å². The van der Waals surface area contributed by atoms with Gasteiger partial charge in [-0.25, -0.2) is 0 Å². The maximum Gasteiger partial charge on any atom is 0.289 e. The van der Waals surface area contributed by atoms with Crippen molar-refractivity contribution in [3.05, 3.63) is 60.2 Å². The van der Waals surface area contributed by atoms with E-state index in [1.807, 2.05) is 30.3 Å². The Balaban J connectivity index is 1.42. The highest BCUT2D eigenvalue weighted by atomic mass is 32.2. The van der Waals surface area contributed by atoms with E-state index in [0.717, 1.165) is 43.2 Å². The van der Waals surface area contributed by atoms with Gasteiger partial charge in [0.15, 0.2) is 0 Å². The summed E-state index contributed by atoms with van der Waals surface area (Å²) in [5.41, 5.74) is 0.517. The van der Waals surface area contributed by atoms with E-state index < -0.39 is 0 Å². The molecule has 0 spiro atoms. The Hall–Kier alpha value is -2.80. The topological polar surface area (TPSA) is 75.7 Å². The molecule has 7 heteroatoms. The molecule has 1 saturated heterocycles. The quantitative estimate of drug-likeness (QED) is 0.799. The second-order valence-electron chi connectivity index (χ2n) is 7.19. The minimum Gasteiger partial charge on any atom is -0.457 e. The summed E-state index contributed by atoms with van der Waals surface area (Å²) in [5, 5.41) is 2.83. The molecule has 1 heterocycles. The van der Waals surface area contributed by atoms with Gasteiger partial charge < -0.3 is 10.1 Å². The highest BCUT2D eigenvalue weighted by molar-refractivity contribution is 8.14. The number of ether oxygens (including phenoxy) is 1. The van der Waals surface area contributed by atoms with E-state index in [4.69, 9.17) is 4.74 Å². The molecule has 0 aromatic heterocycles. The minimum absolute atomic E-state index is 0.159. The Morgan fingerprint density at radius 3 is 2.34 bits per heavy atom. The number of rotatable bonds is 5. The van der Waals surface area contributed by atoms with Crippen LogP contribution in [-0.4, -0.2) is 39.8 Å². The van der Waals surface area contributed by atoms with Gasteiger partial charge >= 0.3 is 0 Å². The fourth-order valence-corrected chi connectivity index (χ4v) is 4.59. The lowest BCUT2D eigenvalue weighted by molar-refractivity contribution is -0.127. The van der Waals surface area contributed by atoms with Crippen molar-refractivity contribution < 1.29 is 19.1 Å². The molecule has 2 aromatic carbocycles. The van der Waals surface area contributed by atoms with Crippen LogP contribution in [0, 0.1) is 0 Å². The number of benzene rings is 2. The van der Waals surface area contributed by atoms with Crippen molar-refractivity contribution in [3.8, 4) is 11.5 Å². The molecule has 1 N–H and O–H groups in total. The van der Waals surface area contributed by atoms with Gasteiger partial charge in [-0.15, -0.1) is 0 Å². The summed E-state index contributed by atoms with van der Waals surface area (Å²) in [7, 11) is 0. The third kappa shape index (κ3) is 4.45. The maximum absolute atomic E-state index is 12.8. The smallest absolute Gasteiger partial charge is 0.289 e. The molecule has 1 saturated carbocycles. The molecule has 0 radical (unpaired) electrons. The minimum atomic E-state index is -0.261. The van der Waals surface area contributed by atoms with E-state index in [2.05, 4.69) is 5.32 Å². The van der Waals surface area contributed by atoms with Crippen LogP contribution in [0.4, 0.5) is 4.79 Å². The fraction of sp³-hybridized carbons (Fsp3) is 0.318.